The van der Waals surface area contributed by atoms with Crippen LogP contribution in [0.3, 0.4) is 0 Å². The molecule has 1 aromatic carbocycles. The minimum Gasteiger partial charge on any atom is -0.461 e. The van der Waals surface area contributed by atoms with Gasteiger partial charge in [-0.15, -0.1) is 0 Å². The zero-order valence-corrected chi connectivity index (χ0v) is 11.1. The van der Waals surface area contributed by atoms with E-state index in [1.807, 2.05) is 18.2 Å². The van der Waals surface area contributed by atoms with E-state index >= 15 is 0 Å². The van der Waals surface area contributed by atoms with Gasteiger partial charge in [-0.2, -0.15) is 0 Å². The van der Waals surface area contributed by atoms with Crippen LogP contribution in [-0.4, -0.2) is 11.7 Å². The van der Waals surface area contributed by atoms with Gasteiger partial charge in [0.25, 0.3) is 0 Å². The van der Waals surface area contributed by atoms with Crippen LogP contribution in [0.15, 0.2) is 34.7 Å². The predicted molar refractivity (Wildman–Crippen MR) is 74.8 cm³/mol. The van der Waals surface area contributed by atoms with Crippen LogP contribution >= 0.6 is 0 Å². The maximum Gasteiger partial charge on any atom is 0.134 e. The molecule has 2 aromatic rings. The van der Waals surface area contributed by atoms with Crippen molar-refractivity contribution < 1.29 is 9.52 Å². The molecule has 2 nitrogen and oxygen atoms in total. The molecule has 2 rings (SSSR count). The first-order valence-corrected chi connectivity index (χ1v) is 6.90. The second-order valence-corrected chi connectivity index (χ2v) is 5.01. The first-order chi connectivity index (χ1) is 8.81. The molecule has 0 spiro atoms. The van der Waals surface area contributed by atoms with E-state index in [-0.39, 0.29) is 0 Å². The van der Waals surface area contributed by atoms with Gasteiger partial charge >= 0.3 is 0 Å². The Morgan fingerprint density at radius 1 is 1.11 bits per heavy atom. The largest absolute Gasteiger partial charge is 0.461 e. The molecule has 2 heteroatoms. The monoisotopic (exact) mass is 246 g/mol. The number of benzene rings is 1. The maximum absolute atomic E-state index is 8.72. The Kier molecular flexibility index (Phi) is 4.82. The van der Waals surface area contributed by atoms with Gasteiger partial charge in [-0.3, -0.25) is 0 Å². The molecule has 0 saturated carbocycles. The molecule has 1 heterocycles. The quantitative estimate of drug-likeness (QED) is 0.731. The lowest BCUT2D eigenvalue weighted by Gasteiger charge is -2.07. The van der Waals surface area contributed by atoms with Gasteiger partial charge in [0.1, 0.15) is 11.3 Å². The zero-order chi connectivity index (χ0) is 12.8. The number of aliphatic hydroxyl groups is 1. The number of hydrogen-bond donors (Lipinski definition) is 1. The maximum atomic E-state index is 8.72. The van der Waals surface area contributed by atoms with Gasteiger partial charge in [0.15, 0.2) is 0 Å². The molecule has 0 aliphatic heterocycles. The lowest BCUT2D eigenvalue weighted by atomic mass is 10.00. The molecule has 0 aliphatic rings. The van der Waals surface area contributed by atoms with Crippen molar-refractivity contribution in [3.63, 3.8) is 0 Å². The summed E-state index contributed by atoms with van der Waals surface area (Å²) in [7, 11) is 0. The van der Waals surface area contributed by atoms with Crippen molar-refractivity contribution in [2.75, 3.05) is 6.61 Å². The van der Waals surface area contributed by atoms with Gasteiger partial charge in [0, 0.05) is 17.9 Å². The van der Waals surface area contributed by atoms with E-state index in [1.54, 1.807) is 0 Å². The van der Waals surface area contributed by atoms with Gasteiger partial charge < -0.3 is 9.52 Å². The van der Waals surface area contributed by atoms with E-state index in [0.29, 0.717) is 12.5 Å². The highest BCUT2D eigenvalue weighted by Crippen LogP contribution is 2.28. The highest BCUT2D eigenvalue weighted by molar-refractivity contribution is 5.77. The number of rotatable bonds is 7. The van der Waals surface area contributed by atoms with Gasteiger partial charge in [-0.05, 0) is 25.0 Å². The van der Waals surface area contributed by atoms with Crippen molar-refractivity contribution in [1.29, 1.82) is 0 Å². The third-order valence-electron chi connectivity index (χ3n) is 3.48. The number of aliphatic hydroxyl groups excluding tert-OH is 1. The molecule has 0 fully saturated rings. The average Bonchev–Trinajstić information content (AvgIpc) is 2.82. The Bertz CT molecular complexity index is 440. The van der Waals surface area contributed by atoms with Crippen molar-refractivity contribution in [3.8, 4) is 0 Å². The van der Waals surface area contributed by atoms with Crippen LogP contribution in [0.1, 0.15) is 50.7 Å². The number of fused-ring (bicyclic) bond motifs is 1. The first-order valence-electron chi connectivity index (χ1n) is 6.90. The van der Waals surface area contributed by atoms with Crippen molar-refractivity contribution >= 4 is 11.0 Å². The summed E-state index contributed by atoms with van der Waals surface area (Å²) in [6.07, 6.45) is 5.62. The molecule has 0 bridgehead atoms. The number of hydrogen-bond acceptors (Lipinski definition) is 2. The standard InChI is InChI=1S/C16H22O2/c1-13(8-4-2-3-7-11-17)16-12-14-9-5-6-10-15(14)18-16/h5-6,9-10,12-13,17H,2-4,7-8,11H2,1H3. The van der Waals surface area contributed by atoms with Crippen LogP contribution < -0.4 is 0 Å². The van der Waals surface area contributed by atoms with Crippen LogP contribution in [0.2, 0.25) is 0 Å². The van der Waals surface area contributed by atoms with Crippen LogP contribution in [0.4, 0.5) is 0 Å². The highest BCUT2D eigenvalue weighted by atomic mass is 16.3. The van der Waals surface area contributed by atoms with Gasteiger partial charge in [-0.1, -0.05) is 44.4 Å². The molecule has 1 unspecified atom stereocenters. The summed E-state index contributed by atoms with van der Waals surface area (Å²) in [5.41, 5.74) is 0.986. The second-order valence-electron chi connectivity index (χ2n) is 5.01. The Balaban J connectivity index is 1.86. The molecule has 0 radical (unpaired) electrons. The van der Waals surface area contributed by atoms with Crippen LogP contribution in [-0.2, 0) is 0 Å². The van der Waals surface area contributed by atoms with Crippen LogP contribution in [0, 0.1) is 0 Å². The summed E-state index contributed by atoms with van der Waals surface area (Å²) in [5, 5.41) is 9.91. The summed E-state index contributed by atoms with van der Waals surface area (Å²) in [6.45, 7) is 2.54. The van der Waals surface area contributed by atoms with Gasteiger partial charge in [0.05, 0.1) is 0 Å². The summed E-state index contributed by atoms with van der Waals surface area (Å²) in [4.78, 5) is 0. The molecule has 18 heavy (non-hydrogen) atoms. The van der Waals surface area contributed by atoms with Gasteiger partial charge in [-0.25, -0.2) is 0 Å². The number of furan rings is 1. The number of para-hydroxylation sites is 1. The third-order valence-corrected chi connectivity index (χ3v) is 3.48. The van der Waals surface area contributed by atoms with E-state index in [4.69, 9.17) is 9.52 Å². The molecule has 0 saturated heterocycles. The first kappa shape index (κ1) is 13.2. The summed E-state index contributed by atoms with van der Waals surface area (Å²) in [6, 6.07) is 10.3. The predicted octanol–water partition coefficient (Wildman–Crippen LogP) is 4.48. The van der Waals surface area contributed by atoms with Crippen molar-refractivity contribution in [1.82, 2.24) is 0 Å². The molecule has 0 aliphatic carbocycles. The SMILES string of the molecule is CC(CCCCCCO)c1cc2ccccc2o1. The van der Waals surface area contributed by atoms with E-state index in [2.05, 4.69) is 19.1 Å². The third kappa shape index (κ3) is 3.36. The fourth-order valence-corrected chi connectivity index (χ4v) is 2.30. The highest BCUT2D eigenvalue weighted by Gasteiger charge is 2.10. The number of unbranched alkanes of at least 4 members (excludes halogenated alkanes) is 3. The normalized spacial score (nSPS) is 13.0. The average molecular weight is 246 g/mol. The minimum atomic E-state index is 0.319. The molecular formula is C16H22O2. The molecule has 1 atom stereocenters. The smallest absolute Gasteiger partial charge is 0.134 e. The molecular weight excluding hydrogens is 224 g/mol. The molecule has 1 N–H and O–H groups in total. The Labute approximate surface area is 109 Å². The minimum absolute atomic E-state index is 0.319. The lowest BCUT2D eigenvalue weighted by molar-refractivity contribution is 0.282. The second kappa shape index (κ2) is 6.60. The fraction of sp³-hybridized carbons (Fsp3) is 0.500. The van der Waals surface area contributed by atoms with Crippen molar-refractivity contribution in [2.45, 2.75) is 44.9 Å². The van der Waals surface area contributed by atoms with Crippen LogP contribution in [0.5, 0.6) is 0 Å². The molecule has 0 amide bonds. The van der Waals surface area contributed by atoms with Crippen molar-refractivity contribution in [2.24, 2.45) is 0 Å². The molecule has 98 valence electrons. The Morgan fingerprint density at radius 3 is 2.67 bits per heavy atom. The fourth-order valence-electron chi connectivity index (χ4n) is 2.30. The van der Waals surface area contributed by atoms with Crippen molar-refractivity contribution in [3.05, 3.63) is 36.1 Å². The Hall–Kier alpha value is -1.28. The Morgan fingerprint density at radius 2 is 1.89 bits per heavy atom. The van der Waals surface area contributed by atoms with E-state index in [0.717, 1.165) is 30.6 Å². The summed E-state index contributed by atoms with van der Waals surface area (Å²) in [5.74, 6) is 1.57. The lowest BCUT2D eigenvalue weighted by Crippen LogP contribution is -1.92. The summed E-state index contributed by atoms with van der Waals surface area (Å²) >= 11 is 0. The van der Waals surface area contributed by atoms with Gasteiger partial charge in [0.2, 0.25) is 0 Å². The topological polar surface area (TPSA) is 33.4 Å². The van der Waals surface area contributed by atoms with Crippen LogP contribution in [0.25, 0.3) is 11.0 Å². The summed E-state index contributed by atoms with van der Waals surface area (Å²) < 4.78 is 5.87. The van der Waals surface area contributed by atoms with E-state index in [1.165, 1.54) is 18.2 Å². The molecule has 1 aromatic heterocycles. The zero-order valence-electron chi connectivity index (χ0n) is 11.1. The van der Waals surface area contributed by atoms with E-state index < -0.39 is 0 Å². The van der Waals surface area contributed by atoms with E-state index in [9.17, 15) is 0 Å².